The second-order valence-electron chi connectivity index (χ2n) is 5.23. The van der Waals surface area contributed by atoms with Gasteiger partial charge in [0.15, 0.2) is 6.04 Å². The summed E-state index contributed by atoms with van der Waals surface area (Å²) < 4.78 is 5.14. The Morgan fingerprint density at radius 3 is 2.39 bits per heavy atom. The fourth-order valence-corrected chi connectivity index (χ4v) is 2.76. The Bertz CT molecular complexity index is 715. The van der Waals surface area contributed by atoms with Crippen molar-refractivity contribution in [2.24, 2.45) is 0 Å². The molecule has 0 aliphatic carbocycles. The molecule has 2 atom stereocenters. The van der Waals surface area contributed by atoms with Gasteiger partial charge in [-0.3, -0.25) is 10.1 Å². The van der Waals surface area contributed by atoms with Crippen LogP contribution in [-0.4, -0.2) is 23.5 Å². The third-order valence-corrected chi connectivity index (χ3v) is 3.84. The van der Waals surface area contributed by atoms with Crippen LogP contribution in [0.3, 0.4) is 0 Å². The molecule has 1 fully saturated rings. The van der Waals surface area contributed by atoms with E-state index >= 15 is 0 Å². The maximum Gasteiger partial charge on any atom is 0.331 e. The Hall–Kier alpha value is -2.89. The van der Waals surface area contributed by atoms with Gasteiger partial charge in [-0.05, 0) is 24.6 Å². The van der Waals surface area contributed by atoms with Gasteiger partial charge in [0.1, 0.15) is 0 Å². The van der Waals surface area contributed by atoms with Crippen LogP contribution in [0, 0.1) is 10.1 Å². The van der Waals surface area contributed by atoms with Crippen molar-refractivity contribution in [2.45, 2.75) is 19.0 Å². The second-order valence-corrected chi connectivity index (χ2v) is 5.23. The zero-order chi connectivity index (χ0) is 16.4. The molecule has 1 saturated heterocycles. The number of hydrogen-bond acceptors (Lipinski definition) is 5. The molecular formula is C17H16N2O4. The third kappa shape index (κ3) is 2.88. The molecule has 0 spiro atoms. The van der Waals surface area contributed by atoms with Crippen LogP contribution < -0.4 is 4.90 Å². The standard InChI is InChI=1S/C17H16N2O4/c1-2-23-17(20)16-15(12-6-4-3-5-7-12)18(16)13-8-10-14(11-9-13)19(21)22/h3-11,15-16H,2H2,1H3/t15-,16-,18?/m1/s1. The zero-order valence-electron chi connectivity index (χ0n) is 12.6. The van der Waals surface area contributed by atoms with Crippen molar-refractivity contribution in [2.75, 3.05) is 11.5 Å². The van der Waals surface area contributed by atoms with Crippen LogP contribution in [0.25, 0.3) is 0 Å². The van der Waals surface area contributed by atoms with Crippen molar-refractivity contribution < 1.29 is 14.5 Å². The van der Waals surface area contributed by atoms with Crippen LogP contribution in [0.15, 0.2) is 54.6 Å². The first-order valence-electron chi connectivity index (χ1n) is 7.38. The molecule has 1 heterocycles. The summed E-state index contributed by atoms with van der Waals surface area (Å²) in [5.41, 5.74) is 1.81. The van der Waals surface area contributed by atoms with Crippen molar-refractivity contribution in [1.29, 1.82) is 0 Å². The molecule has 0 bridgehead atoms. The lowest BCUT2D eigenvalue weighted by molar-refractivity contribution is -0.384. The van der Waals surface area contributed by atoms with Gasteiger partial charge in [-0.1, -0.05) is 30.3 Å². The third-order valence-electron chi connectivity index (χ3n) is 3.84. The fraction of sp³-hybridized carbons (Fsp3) is 0.235. The zero-order valence-corrected chi connectivity index (χ0v) is 12.6. The minimum Gasteiger partial charge on any atom is -0.464 e. The number of nitro groups is 1. The normalized spacial score (nSPS) is 19.3. The second kappa shape index (κ2) is 6.08. The van der Waals surface area contributed by atoms with Gasteiger partial charge < -0.3 is 9.64 Å². The summed E-state index contributed by atoms with van der Waals surface area (Å²) in [6.45, 7) is 2.10. The number of anilines is 1. The molecule has 2 aromatic carbocycles. The van der Waals surface area contributed by atoms with Gasteiger partial charge in [-0.15, -0.1) is 0 Å². The van der Waals surface area contributed by atoms with E-state index in [9.17, 15) is 14.9 Å². The molecule has 23 heavy (non-hydrogen) atoms. The summed E-state index contributed by atoms with van der Waals surface area (Å²) in [6, 6.07) is 15.4. The van der Waals surface area contributed by atoms with Crippen LogP contribution >= 0.6 is 0 Å². The predicted molar refractivity (Wildman–Crippen MR) is 85.2 cm³/mol. The lowest BCUT2D eigenvalue weighted by Gasteiger charge is -2.06. The highest BCUT2D eigenvalue weighted by Crippen LogP contribution is 2.47. The first kappa shape index (κ1) is 15.0. The quantitative estimate of drug-likeness (QED) is 0.367. The van der Waals surface area contributed by atoms with E-state index in [1.54, 1.807) is 19.1 Å². The number of non-ortho nitro benzene ring substituents is 1. The molecule has 0 amide bonds. The number of benzene rings is 2. The molecule has 6 nitrogen and oxygen atoms in total. The molecule has 6 heteroatoms. The maximum absolute atomic E-state index is 12.2. The van der Waals surface area contributed by atoms with Gasteiger partial charge in [0.25, 0.3) is 5.69 Å². The minimum atomic E-state index is -0.441. The Kier molecular flexibility index (Phi) is 3.97. The molecule has 1 aliphatic rings. The summed E-state index contributed by atoms with van der Waals surface area (Å²) in [6.07, 6.45) is 0. The highest BCUT2D eigenvalue weighted by molar-refractivity contribution is 5.89. The van der Waals surface area contributed by atoms with Gasteiger partial charge in [-0.2, -0.15) is 0 Å². The summed E-state index contributed by atoms with van der Waals surface area (Å²) in [5, 5.41) is 10.8. The highest BCUT2D eigenvalue weighted by Gasteiger charge is 2.54. The van der Waals surface area contributed by atoms with E-state index in [1.165, 1.54) is 12.1 Å². The van der Waals surface area contributed by atoms with Gasteiger partial charge in [0.2, 0.25) is 0 Å². The largest absolute Gasteiger partial charge is 0.464 e. The Morgan fingerprint density at radius 1 is 1.17 bits per heavy atom. The SMILES string of the molecule is CCOC(=O)[C@H]1[C@@H](c2ccccc2)N1c1ccc([N+](=O)[O-])cc1. The number of nitro benzene ring substituents is 1. The van der Waals surface area contributed by atoms with Crippen LogP contribution in [0.4, 0.5) is 11.4 Å². The highest BCUT2D eigenvalue weighted by atomic mass is 16.6. The topological polar surface area (TPSA) is 72.5 Å². The first-order valence-corrected chi connectivity index (χ1v) is 7.38. The molecule has 0 radical (unpaired) electrons. The number of hydrogen-bond donors (Lipinski definition) is 0. The minimum absolute atomic E-state index is 0.0274. The molecule has 0 unspecified atom stereocenters. The molecule has 0 N–H and O–H groups in total. The fourth-order valence-electron chi connectivity index (χ4n) is 2.76. The van der Waals surface area contributed by atoms with Crippen molar-refractivity contribution in [3.63, 3.8) is 0 Å². The van der Waals surface area contributed by atoms with Gasteiger partial charge in [0.05, 0.1) is 17.6 Å². The van der Waals surface area contributed by atoms with Crippen LogP contribution in [0.5, 0.6) is 0 Å². The Labute approximate surface area is 133 Å². The van der Waals surface area contributed by atoms with E-state index in [0.717, 1.165) is 11.3 Å². The molecule has 0 aromatic heterocycles. The van der Waals surface area contributed by atoms with E-state index in [0.29, 0.717) is 6.61 Å². The van der Waals surface area contributed by atoms with E-state index < -0.39 is 4.92 Å². The average molecular weight is 312 g/mol. The average Bonchev–Trinajstić information content (AvgIpc) is 3.31. The predicted octanol–water partition coefficient (Wildman–Crippen LogP) is 3.09. The van der Waals surface area contributed by atoms with E-state index in [4.69, 9.17) is 4.74 Å². The van der Waals surface area contributed by atoms with E-state index in [-0.39, 0.29) is 23.7 Å². The van der Waals surface area contributed by atoms with E-state index in [1.807, 2.05) is 35.2 Å². The first-order chi connectivity index (χ1) is 11.1. The molecular weight excluding hydrogens is 296 g/mol. The molecule has 118 valence electrons. The molecule has 0 saturated carbocycles. The number of nitrogens with zero attached hydrogens (tertiary/aromatic N) is 2. The Morgan fingerprint density at radius 2 is 1.83 bits per heavy atom. The monoisotopic (exact) mass is 312 g/mol. The van der Waals surface area contributed by atoms with E-state index in [2.05, 4.69) is 0 Å². The molecule has 2 aromatic rings. The number of carbonyl (C=O) groups is 1. The smallest absolute Gasteiger partial charge is 0.331 e. The van der Waals surface area contributed by atoms with Crippen molar-refractivity contribution in [1.82, 2.24) is 0 Å². The van der Waals surface area contributed by atoms with Crippen LogP contribution in [0.2, 0.25) is 0 Å². The summed E-state index contributed by atoms with van der Waals surface area (Å²) >= 11 is 0. The summed E-state index contributed by atoms with van der Waals surface area (Å²) in [4.78, 5) is 24.4. The van der Waals surface area contributed by atoms with Crippen molar-refractivity contribution >= 4 is 17.3 Å². The lowest BCUT2D eigenvalue weighted by Crippen LogP contribution is -2.15. The van der Waals surface area contributed by atoms with Crippen molar-refractivity contribution in [3.8, 4) is 0 Å². The number of carbonyl (C=O) groups excluding carboxylic acids is 1. The number of esters is 1. The van der Waals surface area contributed by atoms with Gasteiger partial charge in [0, 0.05) is 17.8 Å². The lowest BCUT2D eigenvalue weighted by atomic mass is 10.1. The summed E-state index contributed by atoms with van der Waals surface area (Å²) in [7, 11) is 0. The molecule has 1 aliphatic heterocycles. The number of ether oxygens (including phenoxy) is 1. The van der Waals surface area contributed by atoms with Crippen LogP contribution in [-0.2, 0) is 9.53 Å². The maximum atomic E-state index is 12.2. The van der Waals surface area contributed by atoms with Gasteiger partial charge in [-0.25, -0.2) is 4.79 Å². The summed E-state index contributed by atoms with van der Waals surface area (Å²) in [5.74, 6) is -0.278. The Balaban J connectivity index is 1.89. The number of rotatable bonds is 5. The van der Waals surface area contributed by atoms with Crippen LogP contribution in [0.1, 0.15) is 18.5 Å². The molecule has 3 rings (SSSR count). The van der Waals surface area contributed by atoms with Crippen molar-refractivity contribution in [3.05, 3.63) is 70.3 Å². The van der Waals surface area contributed by atoms with Gasteiger partial charge >= 0.3 is 5.97 Å².